The molecular weight excluding hydrogens is 408 g/mol. The van der Waals surface area contributed by atoms with E-state index in [9.17, 15) is 0 Å². The summed E-state index contributed by atoms with van der Waals surface area (Å²) in [5, 5.41) is 0. The van der Waals surface area contributed by atoms with E-state index in [0.717, 1.165) is 5.57 Å². The van der Waals surface area contributed by atoms with E-state index in [2.05, 4.69) is 144 Å². The number of rotatable bonds is 8. The highest BCUT2D eigenvalue weighted by Crippen LogP contribution is 2.41. The van der Waals surface area contributed by atoms with Gasteiger partial charge in [0.25, 0.3) is 0 Å². The fourth-order valence-electron chi connectivity index (χ4n) is 4.33. The molecule has 0 nitrogen and oxygen atoms in total. The maximum Gasteiger partial charge on any atom is -0.00263 e. The third-order valence-electron chi connectivity index (χ3n) is 6.01. The molecule has 0 aliphatic heterocycles. The highest BCUT2D eigenvalue weighted by molar-refractivity contribution is 5.97. The van der Waals surface area contributed by atoms with E-state index in [-0.39, 0.29) is 0 Å². The van der Waals surface area contributed by atoms with Gasteiger partial charge in [0, 0.05) is 0 Å². The van der Waals surface area contributed by atoms with E-state index in [1.54, 1.807) is 0 Å². The first-order valence-electron chi connectivity index (χ1n) is 12.1. The van der Waals surface area contributed by atoms with Crippen molar-refractivity contribution in [3.05, 3.63) is 133 Å². The van der Waals surface area contributed by atoms with Crippen LogP contribution in [-0.4, -0.2) is 0 Å². The quantitative estimate of drug-likeness (QED) is 0.303. The lowest BCUT2D eigenvalue weighted by Gasteiger charge is -2.20. The Bertz CT molecular complexity index is 1240. The summed E-state index contributed by atoms with van der Waals surface area (Å²) in [5.41, 5.74) is 11.0. The van der Waals surface area contributed by atoms with Crippen LogP contribution >= 0.6 is 0 Å². The molecule has 0 aliphatic rings. The van der Waals surface area contributed by atoms with Gasteiger partial charge in [-0.3, -0.25) is 0 Å². The Morgan fingerprint density at radius 2 is 1.44 bits per heavy atom. The normalized spacial score (nSPS) is 12.8. The maximum absolute atomic E-state index is 4.00. The molecule has 0 fully saturated rings. The Kier molecular flexibility index (Phi) is 8.82. The fraction of sp³-hybridized carbons (Fsp3) is 0.176. The van der Waals surface area contributed by atoms with Crippen molar-refractivity contribution in [2.75, 3.05) is 0 Å². The second kappa shape index (κ2) is 12.0. The van der Waals surface area contributed by atoms with Gasteiger partial charge < -0.3 is 0 Å². The van der Waals surface area contributed by atoms with Crippen LogP contribution in [0.5, 0.6) is 0 Å². The molecule has 3 aromatic rings. The average Bonchev–Trinajstić information content (AvgIpc) is 2.87. The predicted molar refractivity (Wildman–Crippen MR) is 153 cm³/mol. The fourth-order valence-corrected chi connectivity index (χ4v) is 4.33. The number of benzene rings is 3. The summed E-state index contributed by atoms with van der Waals surface area (Å²) in [5.74, 6) is 0.464. The van der Waals surface area contributed by atoms with Gasteiger partial charge in [0.1, 0.15) is 0 Å². The lowest BCUT2D eigenvalue weighted by molar-refractivity contribution is 0.867. The predicted octanol–water partition coefficient (Wildman–Crippen LogP) is 10.3. The molecule has 0 aliphatic carbocycles. The van der Waals surface area contributed by atoms with Crippen molar-refractivity contribution in [2.24, 2.45) is 0 Å². The molecule has 0 heteroatoms. The minimum absolute atomic E-state index is 0.464. The molecule has 0 spiro atoms. The Balaban J connectivity index is 2.51. The van der Waals surface area contributed by atoms with E-state index < -0.39 is 0 Å². The molecule has 172 valence electrons. The molecule has 3 rings (SSSR count). The standard InChI is InChI=1S/C34H36/c1-7-15-26(10-4)31-23-32(27(16-8-2)17-9-3)34(30-21-14-20-29(22-30)25(5)6)33(24-31)28-18-12-11-13-19-28/h7-25H,2H2,1,3-6H3/b15-7-,17-9-,26-10+,27-16+. The van der Waals surface area contributed by atoms with Crippen molar-refractivity contribution in [3.8, 4) is 22.3 Å². The molecule has 3 aromatic carbocycles. The summed E-state index contributed by atoms with van der Waals surface area (Å²) < 4.78 is 0. The van der Waals surface area contributed by atoms with Gasteiger partial charge in [0.2, 0.25) is 0 Å². The van der Waals surface area contributed by atoms with Crippen molar-refractivity contribution in [1.29, 1.82) is 0 Å². The summed E-state index contributed by atoms with van der Waals surface area (Å²) in [6, 6.07) is 24.4. The lowest BCUT2D eigenvalue weighted by Crippen LogP contribution is -1.97. The van der Waals surface area contributed by atoms with E-state index in [1.807, 2.05) is 6.08 Å². The van der Waals surface area contributed by atoms with Gasteiger partial charge in [-0.25, -0.2) is 0 Å². The Morgan fingerprint density at radius 1 is 0.765 bits per heavy atom. The zero-order chi connectivity index (χ0) is 24.5. The molecule has 0 saturated carbocycles. The highest BCUT2D eigenvalue weighted by atomic mass is 14.2. The van der Waals surface area contributed by atoms with Crippen LogP contribution < -0.4 is 0 Å². The van der Waals surface area contributed by atoms with E-state index in [1.165, 1.54) is 44.5 Å². The van der Waals surface area contributed by atoms with Crippen LogP contribution in [0.2, 0.25) is 0 Å². The van der Waals surface area contributed by atoms with Crippen LogP contribution in [-0.2, 0) is 0 Å². The first-order valence-corrected chi connectivity index (χ1v) is 12.1. The van der Waals surface area contributed by atoms with Crippen LogP contribution in [0, 0.1) is 0 Å². The summed E-state index contributed by atoms with van der Waals surface area (Å²) >= 11 is 0. The van der Waals surface area contributed by atoms with Crippen LogP contribution in [0.4, 0.5) is 0 Å². The molecular formula is C34H36. The second-order valence-corrected chi connectivity index (χ2v) is 8.69. The van der Waals surface area contributed by atoms with Gasteiger partial charge in [-0.05, 0) is 88.9 Å². The molecule has 0 N–H and O–H groups in total. The lowest BCUT2D eigenvalue weighted by atomic mass is 9.83. The Morgan fingerprint density at radius 3 is 2.06 bits per heavy atom. The Hall–Kier alpha value is -3.64. The number of hydrogen-bond donors (Lipinski definition) is 0. The van der Waals surface area contributed by atoms with E-state index >= 15 is 0 Å². The molecule has 0 atom stereocenters. The summed E-state index contributed by atoms with van der Waals surface area (Å²) in [7, 11) is 0. The van der Waals surface area contributed by atoms with Crippen molar-refractivity contribution >= 4 is 11.1 Å². The monoisotopic (exact) mass is 444 g/mol. The van der Waals surface area contributed by atoms with E-state index in [0.29, 0.717) is 5.92 Å². The van der Waals surface area contributed by atoms with Gasteiger partial charge in [-0.15, -0.1) is 0 Å². The van der Waals surface area contributed by atoms with Gasteiger partial charge >= 0.3 is 0 Å². The molecule has 34 heavy (non-hydrogen) atoms. The van der Waals surface area contributed by atoms with Gasteiger partial charge in [0.05, 0.1) is 0 Å². The van der Waals surface area contributed by atoms with Gasteiger partial charge in [0.15, 0.2) is 0 Å². The SMILES string of the molecule is C=C/C=C(\C=C/C)c1cc(C(/C=C\C)=C/C)cc(-c2ccccc2)c1-c1cccc(C(C)C)c1. The van der Waals surface area contributed by atoms with Crippen molar-refractivity contribution < 1.29 is 0 Å². The molecule has 0 bridgehead atoms. The number of allylic oxidation sites excluding steroid dienone is 9. The zero-order valence-electron chi connectivity index (χ0n) is 21.2. The summed E-state index contributed by atoms with van der Waals surface area (Å²) in [6.07, 6.45) is 14.7. The molecule has 0 saturated heterocycles. The summed E-state index contributed by atoms with van der Waals surface area (Å²) in [6.45, 7) is 14.7. The molecule has 0 unspecified atom stereocenters. The molecule has 0 aromatic heterocycles. The minimum atomic E-state index is 0.464. The topological polar surface area (TPSA) is 0 Å². The smallest absolute Gasteiger partial charge is 0.00263 e. The zero-order valence-corrected chi connectivity index (χ0v) is 21.2. The third kappa shape index (κ3) is 5.64. The minimum Gasteiger partial charge on any atom is -0.0990 e. The van der Waals surface area contributed by atoms with E-state index in [4.69, 9.17) is 0 Å². The first-order chi connectivity index (χ1) is 16.5. The van der Waals surface area contributed by atoms with Gasteiger partial charge in [-0.1, -0.05) is 118 Å². The average molecular weight is 445 g/mol. The molecule has 0 heterocycles. The van der Waals surface area contributed by atoms with Crippen molar-refractivity contribution in [1.82, 2.24) is 0 Å². The summed E-state index contributed by atoms with van der Waals surface area (Å²) in [4.78, 5) is 0. The highest BCUT2D eigenvalue weighted by Gasteiger charge is 2.18. The maximum atomic E-state index is 4.00. The third-order valence-corrected chi connectivity index (χ3v) is 6.01. The molecule has 0 radical (unpaired) electrons. The van der Waals surface area contributed by atoms with Crippen molar-refractivity contribution in [3.63, 3.8) is 0 Å². The molecule has 0 amide bonds. The second-order valence-electron chi connectivity index (χ2n) is 8.69. The van der Waals surface area contributed by atoms with Crippen LogP contribution in [0.15, 0.2) is 116 Å². The first kappa shape index (κ1) is 25.0. The van der Waals surface area contributed by atoms with Crippen LogP contribution in [0.1, 0.15) is 57.2 Å². The van der Waals surface area contributed by atoms with Crippen molar-refractivity contribution in [2.45, 2.75) is 40.5 Å². The number of hydrogen-bond acceptors (Lipinski definition) is 0. The van der Waals surface area contributed by atoms with Crippen LogP contribution in [0.3, 0.4) is 0 Å². The largest absolute Gasteiger partial charge is 0.0990 e. The van der Waals surface area contributed by atoms with Gasteiger partial charge in [-0.2, -0.15) is 0 Å². The Labute approximate surface area is 206 Å². The van der Waals surface area contributed by atoms with Crippen LogP contribution in [0.25, 0.3) is 33.4 Å².